The number of benzene rings is 1. The lowest BCUT2D eigenvalue weighted by Gasteiger charge is -2.32. The summed E-state index contributed by atoms with van der Waals surface area (Å²) in [5.74, 6) is 0.545. The Morgan fingerprint density at radius 1 is 1.17 bits per heavy atom. The Hall–Kier alpha value is -3.38. The molecule has 0 saturated carbocycles. The number of aliphatic hydroxyl groups is 1. The van der Waals surface area contributed by atoms with Crippen LogP contribution in [0.15, 0.2) is 36.7 Å². The van der Waals surface area contributed by atoms with Gasteiger partial charge in [-0.2, -0.15) is 27.2 Å². The highest BCUT2D eigenvalue weighted by molar-refractivity contribution is 7.18. The van der Waals surface area contributed by atoms with Gasteiger partial charge in [0.2, 0.25) is 0 Å². The van der Waals surface area contributed by atoms with Gasteiger partial charge in [-0.25, -0.2) is 9.97 Å². The second-order valence-corrected chi connectivity index (χ2v) is 11.1. The Morgan fingerprint density at radius 3 is 2.63 bits per heavy atom. The lowest BCUT2D eigenvalue weighted by Crippen LogP contribution is -2.38. The number of nitrogens with zero attached hydrogens (tertiary/aromatic N) is 5. The molecule has 1 aliphatic rings. The maximum absolute atomic E-state index is 12.8. The van der Waals surface area contributed by atoms with Crippen molar-refractivity contribution in [3.05, 3.63) is 52.8 Å². The van der Waals surface area contributed by atoms with E-state index in [0.29, 0.717) is 28.1 Å². The summed E-state index contributed by atoms with van der Waals surface area (Å²) in [5.41, 5.74) is 2.00. The molecule has 0 radical (unpaired) electrons. The van der Waals surface area contributed by atoms with E-state index in [4.69, 9.17) is 0 Å². The number of aliphatic hydroxyl groups excluding tert-OH is 1. The van der Waals surface area contributed by atoms with Gasteiger partial charge in [-0.3, -0.25) is 4.90 Å². The number of rotatable bonds is 10. The minimum atomic E-state index is -4.28. The van der Waals surface area contributed by atoms with Gasteiger partial charge >= 0.3 is 12.8 Å². The number of nitrogens with one attached hydrogen (secondary N) is 1. The number of alkyl halides is 5. The third kappa shape index (κ3) is 7.10. The number of likely N-dealkylation sites (tertiary alicyclic amines) is 1. The van der Waals surface area contributed by atoms with E-state index in [1.807, 2.05) is 18.2 Å². The number of hydrogen-bond acceptors (Lipinski definition) is 8. The van der Waals surface area contributed by atoms with Gasteiger partial charge in [-0.1, -0.05) is 6.07 Å². The summed E-state index contributed by atoms with van der Waals surface area (Å²) < 4.78 is 69.9. The number of anilines is 1. The van der Waals surface area contributed by atoms with Crippen LogP contribution in [-0.4, -0.2) is 69.2 Å². The van der Waals surface area contributed by atoms with Crippen LogP contribution in [0.3, 0.4) is 0 Å². The highest BCUT2D eigenvalue weighted by atomic mass is 32.1. The molecule has 0 spiro atoms. The molecule has 1 unspecified atom stereocenters. The summed E-state index contributed by atoms with van der Waals surface area (Å²) in [6.45, 7) is -1.46. The molecule has 4 aromatic rings. The molecule has 0 amide bonds. The maximum Gasteiger partial charge on any atom is 0.393 e. The van der Waals surface area contributed by atoms with Crippen molar-refractivity contribution in [1.82, 2.24) is 19.4 Å². The zero-order valence-corrected chi connectivity index (χ0v) is 22.6. The fourth-order valence-corrected chi connectivity index (χ4v) is 6.22. The van der Waals surface area contributed by atoms with Crippen molar-refractivity contribution in [2.75, 3.05) is 25.0 Å². The monoisotopic (exact) mass is 594 g/mol. The summed E-state index contributed by atoms with van der Waals surface area (Å²) in [4.78, 5) is 11.4. The molecule has 1 fully saturated rings. The van der Waals surface area contributed by atoms with Crippen molar-refractivity contribution < 1.29 is 31.8 Å². The second kappa shape index (κ2) is 12.2. The molecular weight excluding hydrogens is 567 g/mol. The third-order valence-electron chi connectivity index (χ3n) is 7.06. The van der Waals surface area contributed by atoms with E-state index in [9.17, 15) is 32.3 Å². The summed E-state index contributed by atoms with van der Waals surface area (Å²) in [6.07, 6.45) is -3.42. The van der Waals surface area contributed by atoms with E-state index in [2.05, 4.69) is 31.0 Å². The topological polar surface area (TPSA) is 99.2 Å². The standard InChI is InChI=1S/C27H27F5N6O2S/c28-26(29)40-20(14-39)13-38-19(11-33)8-17-7-16(1-2-23(17)38)12-37-5-3-18(4-6-37)36-24-22-9-21(10-27(30,31)32)41-25(22)35-15-34-24/h1-2,7-9,15,18,20,26,39H,3-6,10,12-14H2,(H,34,35,36). The minimum Gasteiger partial charge on any atom is -0.394 e. The van der Waals surface area contributed by atoms with Crippen LogP contribution in [0, 0.1) is 11.3 Å². The van der Waals surface area contributed by atoms with Crippen LogP contribution >= 0.6 is 11.3 Å². The first-order valence-corrected chi connectivity index (χ1v) is 13.8. The molecule has 218 valence electrons. The predicted octanol–water partition coefficient (Wildman–Crippen LogP) is 5.30. The van der Waals surface area contributed by atoms with Crippen LogP contribution in [0.1, 0.15) is 29.0 Å². The highest BCUT2D eigenvalue weighted by Gasteiger charge is 2.29. The molecule has 0 aliphatic carbocycles. The largest absolute Gasteiger partial charge is 0.394 e. The molecular formula is C27H27F5N6O2S. The maximum atomic E-state index is 12.8. The molecule has 8 nitrogen and oxygen atoms in total. The Morgan fingerprint density at radius 2 is 1.95 bits per heavy atom. The van der Waals surface area contributed by atoms with E-state index in [-0.39, 0.29) is 23.2 Å². The summed E-state index contributed by atoms with van der Waals surface area (Å²) in [6, 6.07) is 11.1. The molecule has 5 rings (SSSR count). The predicted molar refractivity (Wildman–Crippen MR) is 144 cm³/mol. The molecule has 1 atom stereocenters. The van der Waals surface area contributed by atoms with E-state index in [0.717, 1.165) is 48.2 Å². The molecule has 14 heteroatoms. The fourth-order valence-electron chi connectivity index (χ4n) is 5.19. The Labute approximate surface area is 236 Å². The molecule has 2 N–H and O–H groups in total. The number of piperidine rings is 1. The zero-order valence-electron chi connectivity index (χ0n) is 21.7. The third-order valence-corrected chi connectivity index (χ3v) is 8.10. The van der Waals surface area contributed by atoms with Gasteiger partial charge in [0, 0.05) is 41.5 Å². The van der Waals surface area contributed by atoms with Crippen molar-refractivity contribution in [2.24, 2.45) is 0 Å². The van der Waals surface area contributed by atoms with Crippen LogP contribution in [0.25, 0.3) is 21.1 Å². The molecule has 3 aromatic heterocycles. The van der Waals surface area contributed by atoms with Gasteiger partial charge in [0.15, 0.2) is 0 Å². The quantitative estimate of drug-likeness (QED) is 0.241. The number of hydrogen-bond donors (Lipinski definition) is 2. The molecule has 1 aromatic carbocycles. The van der Waals surface area contributed by atoms with Gasteiger partial charge < -0.3 is 19.7 Å². The van der Waals surface area contributed by atoms with E-state index < -0.39 is 31.9 Å². The smallest absolute Gasteiger partial charge is 0.393 e. The van der Waals surface area contributed by atoms with E-state index >= 15 is 0 Å². The van der Waals surface area contributed by atoms with Crippen molar-refractivity contribution in [3.8, 4) is 6.07 Å². The van der Waals surface area contributed by atoms with Crippen LogP contribution in [0.4, 0.5) is 27.8 Å². The summed E-state index contributed by atoms with van der Waals surface area (Å²) in [7, 11) is 0. The second-order valence-electron chi connectivity index (χ2n) is 9.99. The normalized spacial score (nSPS) is 16.0. The van der Waals surface area contributed by atoms with Gasteiger partial charge in [0.1, 0.15) is 34.8 Å². The lowest BCUT2D eigenvalue weighted by atomic mass is 10.0. The van der Waals surface area contributed by atoms with Crippen molar-refractivity contribution >= 4 is 38.3 Å². The SMILES string of the molecule is N#Cc1cc2cc(CN3CCC(Nc4ncnc5sc(CC(F)(F)F)cc45)CC3)ccc2n1CC(CO)OC(F)F. The lowest BCUT2D eigenvalue weighted by molar-refractivity contribution is -0.174. The van der Waals surface area contributed by atoms with Gasteiger partial charge in [-0.15, -0.1) is 11.3 Å². The van der Waals surface area contributed by atoms with Gasteiger partial charge in [0.05, 0.1) is 25.0 Å². The minimum absolute atomic E-state index is 0.0826. The zero-order chi connectivity index (χ0) is 29.1. The number of thiophene rings is 1. The first-order valence-electron chi connectivity index (χ1n) is 13.0. The van der Waals surface area contributed by atoms with E-state index in [1.165, 1.54) is 12.4 Å². The van der Waals surface area contributed by atoms with E-state index in [1.54, 1.807) is 10.6 Å². The van der Waals surface area contributed by atoms with Crippen molar-refractivity contribution in [1.29, 1.82) is 5.26 Å². The number of aromatic nitrogens is 3. The van der Waals surface area contributed by atoms with Crippen molar-refractivity contribution in [2.45, 2.75) is 57.3 Å². The number of nitriles is 1. The van der Waals surface area contributed by atoms with Crippen LogP contribution in [0.2, 0.25) is 0 Å². The first-order chi connectivity index (χ1) is 19.6. The summed E-state index contributed by atoms with van der Waals surface area (Å²) in [5, 5.41) is 23.8. The Kier molecular flexibility index (Phi) is 8.69. The molecule has 0 bridgehead atoms. The average Bonchev–Trinajstić information content (AvgIpc) is 3.48. The highest BCUT2D eigenvalue weighted by Crippen LogP contribution is 2.33. The first kappa shape index (κ1) is 29.1. The van der Waals surface area contributed by atoms with Gasteiger partial charge in [0.25, 0.3) is 0 Å². The molecule has 41 heavy (non-hydrogen) atoms. The van der Waals surface area contributed by atoms with Crippen LogP contribution in [-0.2, 0) is 24.2 Å². The molecule has 1 aliphatic heterocycles. The average molecular weight is 595 g/mol. The molecule has 4 heterocycles. The number of ether oxygens (including phenoxy) is 1. The van der Waals surface area contributed by atoms with Crippen LogP contribution in [0.5, 0.6) is 0 Å². The number of fused-ring (bicyclic) bond motifs is 2. The Balaban J connectivity index is 1.21. The summed E-state index contributed by atoms with van der Waals surface area (Å²) >= 11 is 1.03. The Bertz CT molecular complexity index is 1540. The number of halogens is 5. The van der Waals surface area contributed by atoms with Crippen LogP contribution < -0.4 is 5.32 Å². The fraction of sp³-hybridized carbons (Fsp3) is 0.444. The molecule has 1 saturated heterocycles. The van der Waals surface area contributed by atoms with Gasteiger partial charge in [-0.05, 0) is 42.7 Å². The van der Waals surface area contributed by atoms with Crippen molar-refractivity contribution in [3.63, 3.8) is 0 Å².